The second-order valence-electron chi connectivity index (χ2n) is 5.65. The van der Waals surface area contributed by atoms with Crippen LogP contribution in [0.1, 0.15) is 52.8 Å². The smallest absolute Gasteiger partial charge is 0.263 e. The maximum Gasteiger partial charge on any atom is 0.263 e. The first-order valence-corrected chi connectivity index (χ1v) is 8.91. The summed E-state index contributed by atoms with van der Waals surface area (Å²) in [5.41, 5.74) is 0.910. The molecule has 1 amide bonds. The van der Waals surface area contributed by atoms with E-state index in [0.717, 1.165) is 29.8 Å². The Bertz CT molecular complexity index is 665. The van der Waals surface area contributed by atoms with Gasteiger partial charge in [0.1, 0.15) is 11.0 Å². The quantitative estimate of drug-likeness (QED) is 0.881. The van der Waals surface area contributed by atoms with Crippen molar-refractivity contribution in [3.63, 3.8) is 0 Å². The van der Waals surface area contributed by atoms with Crippen molar-refractivity contribution in [3.8, 4) is 5.88 Å². The number of thiazole rings is 1. The van der Waals surface area contributed by atoms with E-state index >= 15 is 0 Å². The summed E-state index contributed by atoms with van der Waals surface area (Å²) in [6, 6.07) is 3.81. The lowest BCUT2D eigenvalue weighted by molar-refractivity contribution is 0.0954. The third-order valence-corrected chi connectivity index (χ3v) is 5.09. The fourth-order valence-corrected chi connectivity index (χ4v) is 3.44. The number of carbonyl (C=O) groups excluding carboxylic acids is 1. The molecule has 0 unspecified atom stereocenters. The predicted octanol–water partition coefficient (Wildman–Crippen LogP) is 3.35. The van der Waals surface area contributed by atoms with Gasteiger partial charge in [0.15, 0.2) is 0 Å². The highest BCUT2D eigenvalue weighted by atomic mass is 32.1. The van der Waals surface area contributed by atoms with Crippen LogP contribution in [0.25, 0.3) is 0 Å². The third-order valence-electron chi connectivity index (χ3n) is 3.95. The molecule has 2 heterocycles. The highest BCUT2D eigenvalue weighted by Gasteiger charge is 2.19. The van der Waals surface area contributed by atoms with Gasteiger partial charge >= 0.3 is 0 Å². The van der Waals surface area contributed by atoms with E-state index < -0.39 is 0 Å². The molecule has 1 saturated carbocycles. The zero-order valence-corrected chi connectivity index (χ0v) is 14.1. The molecule has 0 radical (unpaired) electrons. The van der Waals surface area contributed by atoms with Crippen LogP contribution in [0.2, 0.25) is 0 Å². The van der Waals surface area contributed by atoms with Crippen LogP contribution in [0, 0.1) is 0 Å². The largest absolute Gasteiger partial charge is 0.474 e. The molecule has 23 heavy (non-hydrogen) atoms. The van der Waals surface area contributed by atoms with Gasteiger partial charge in [-0.1, -0.05) is 13.0 Å². The van der Waals surface area contributed by atoms with E-state index in [2.05, 4.69) is 15.3 Å². The Kier molecular flexibility index (Phi) is 5.23. The van der Waals surface area contributed by atoms with E-state index in [-0.39, 0.29) is 12.0 Å². The number of aryl methyl sites for hydroxylation is 1. The molecule has 1 fully saturated rings. The van der Waals surface area contributed by atoms with E-state index in [9.17, 15) is 4.79 Å². The molecular weight excluding hydrogens is 310 g/mol. The number of carbonyl (C=O) groups is 1. The Hall–Kier alpha value is -1.95. The summed E-state index contributed by atoms with van der Waals surface area (Å²) in [5.74, 6) is 0.538. The minimum absolute atomic E-state index is 0.0992. The zero-order valence-electron chi connectivity index (χ0n) is 13.2. The summed E-state index contributed by atoms with van der Waals surface area (Å²) >= 11 is 1.44. The molecule has 0 aliphatic heterocycles. The van der Waals surface area contributed by atoms with Gasteiger partial charge in [-0.3, -0.25) is 4.79 Å². The molecule has 6 heteroatoms. The van der Waals surface area contributed by atoms with Gasteiger partial charge in [0.25, 0.3) is 5.91 Å². The number of amides is 1. The van der Waals surface area contributed by atoms with Crippen LogP contribution in [-0.4, -0.2) is 22.0 Å². The maximum absolute atomic E-state index is 12.2. The highest BCUT2D eigenvalue weighted by Crippen LogP contribution is 2.25. The fraction of sp³-hybridized carbons (Fsp3) is 0.471. The van der Waals surface area contributed by atoms with Crippen LogP contribution in [0.15, 0.2) is 24.5 Å². The first-order chi connectivity index (χ1) is 11.3. The molecular formula is C17H21N3O2S. The van der Waals surface area contributed by atoms with Gasteiger partial charge in [-0.25, -0.2) is 9.97 Å². The SMILES string of the molecule is CCc1ncc(C(=O)NCc2cccnc2OC2CCCC2)s1. The number of nitrogens with one attached hydrogen (secondary N) is 1. The Morgan fingerprint density at radius 2 is 2.22 bits per heavy atom. The molecule has 1 aliphatic rings. The summed E-state index contributed by atoms with van der Waals surface area (Å²) in [4.78, 5) is 21.4. The summed E-state index contributed by atoms with van der Waals surface area (Å²) in [6.45, 7) is 2.44. The average Bonchev–Trinajstić information content (AvgIpc) is 3.25. The topological polar surface area (TPSA) is 64.1 Å². The Morgan fingerprint density at radius 3 is 2.96 bits per heavy atom. The number of hydrogen-bond acceptors (Lipinski definition) is 5. The van der Waals surface area contributed by atoms with Crippen molar-refractivity contribution in [1.82, 2.24) is 15.3 Å². The first-order valence-electron chi connectivity index (χ1n) is 8.09. The van der Waals surface area contributed by atoms with E-state index in [4.69, 9.17) is 4.74 Å². The molecule has 2 aromatic heterocycles. The molecule has 0 bridgehead atoms. The molecule has 5 nitrogen and oxygen atoms in total. The normalized spacial score (nSPS) is 14.8. The van der Waals surface area contributed by atoms with Crippen molar-refractivity contribution in [2.24, 2.45) is 0 Å². The standard InChI is InChI=1S/C17H21N3O2S/c1-2-15-19-11-14(23-15)16(21)20-10-12-6-5-9-18-17(12)22-13-7-3-4-8-13/h5-6,9,11,13H,2-4,7-8,10H2,1H3,(H,20,21). The number of ether oxygens (including phenoxy) is 1. The summed E-state index contributed by atoms with van der Waals surface area (Å²) in [5, 5.41) is 3.90. The minimum Gasteiger partial charge on any atom is -0.474 e. The van der Waals surface area contributed by atoms with Gasteiger partial charge in [0.2, 0.25) is 5.88 Å². The van der Waals surface area contributed by atoms with Crippen LogP contribution in [-0.2, 0) is 13.0 Å². The van der Waals surface area contributed by atoms with Crippen LogP contribution >= 0.6 is 11.3 Å². The Balaban J connectivity index is 1.62. The summed E-state index contributed by atoms with van der Waals surface area (Å²) in [6.07, 6.45) is 9.08. The highest BCUT2D eigenvalue weighted by molar-refractivity contribution is 7.13. The van der Waals surface area contributed by atoms with E-state index in [1.54, 1.807) is 12.4 Å². The number of hydrogen-bond donors (Lipinski definition) is 1. The van der Waals surface area contributed by atoms with E-state index in [0.29, 0.717) is 17.3 Å². The average molecular weight is 331 g/mol. The van der Waals surface area contributed by atoms with Gasteiger partial charge in [0.05, 0.1) is 11.2 Å². The maximum atomic E-state index is 12.2. The molecule has 1 aliphatic carbocycles. The number of pyridine rings is 1. The van der Waals surface area contributed by atoms with Crippen molar-refractivity contribution >= 4 is 17.2 Å². The van der Waals surface area contributed by atoms with Gasteiger partial charge in [-0.15, -0.1) is 11.3 Å². The van der Waals surface area contributed by atoms with Crippen LogP contribution < -0.4 is 10.1 Å². The summed E-state index contributed by atoms with van der Waals surface area (Å²) < 4.78 is 5.99. The second-order valence-corrected chi connectivity index (χ2v) is 6.76. The van der Waals surface area contributed by atoms with Gasteiger partial charge in [-0.2, -0.15) is 0 Å². The molecule has 0 saturated heterocycles. The second kappa shape index (κ2) is 7.55. The van der Waals surface area contributed by atoms with Crippen LogP contribution in [0.5, 0.6) is 5.88 Å². The van der Waals surface area contributed by atoms with Gasteiger partial charge < -0.3 is 10.1 Å². The third kappa shape index (κ3) is 4.07. The monoisotopic (exact) mass is 331 g/mol. The lowest BCUT2D eigenvalue weighted by atomic mass is 10.2. The fourth-order valence-electron chi connectivity index (χ4n) is 2.67. The van der Waals surface area contributed by atoms with Gasteiger partial charge in [0, 0.05) is 18.3 Å². The Morgan fingerprint density at radius 1 is 1.39 bits per heavy atom. The molecule has 122 valence electrons. The van der Waals surface area contributed by atoms with E-state index in [1.807, 2.05) is 19.1 Å². The molecule has 0 atom stereocenters. The summed E-state index contributed by atoms with van der Waals surface area (Å²) in [7, 11) is 0. The first kappa shape index (κ1) is 15.9. The molecule has 2 aromatic rings. The van der Waals surface area contributed by atoms with Crippen LogP contribution in [0.3, 0.4) is 0 Å². The van der Waals surface area contributed by atoms with Gasteiger partial charge in [-0.05, 0) is 38.2 Å². The van der Waals surface area contributed by atoms with Crippen molar-refractivity contribution in [2.45, 2.75) is 51.7 Å². The lowest BCUT2D eigenvalue weighted by Crippen LogP contribution is -2.23. The molecule has 3 rings (SSSR count). The van der Waals surface area contributed by atoms with Crippen molar-refractivity contribution < 1.29 is 9.53 Å². The zero-order chi connectivity index (χ0) is 16.1. The molecule has 1 N–H and O–H groups in total. The molecule has 0 aromatic carbocycles. The van der Waals surface area contributed by atoms with Crippen molar-refractivity contribution in [2.75, 3.05) is 0 Å². The van der Waals surface area contributed by atoms with Crippen molar-refractivity contribution in [1.29, 1.82) is 0 Å². The van der Waals surface area contributed by atoms with E-state index in [1.165, 1.54) is 24.2 Å². The number of aromatic nitrogens is 2. The number of rotatable bonds is 6. The minimum atomic E-state index is -0.0992. The Labute approximate surface area is 140 Å². The van der Waals surface area contributed by atoms with Crippen molar-refractivity contribution in [3.05, 3.63) is 40.0 Å². The number of nitrogens with zero attached hydrogens (tertiary/aromatic N) is 2. The van der Waals surface area contributed by atoms with Crippen LogP contribution in [0.4, 0.5) is 0 Å². The predicted molar refractivity (Wildman–Crippen MR) is 89.8 cm³/mol. The lowest BCUT2D eigenvalue weighted by Gasteiger charge is -2.15. The molecule has 0 spiro atoms.